The van der Waals surface area contributed by atoms with Gasteiger partial charge in [-0.15, -0.1) is 0 Å². The van der Waals surface area contributed by atoms with Crippen molar-refractivity contribution in [2.75, 3.05) is 85.5 Å². The van der Waals surface area contributed by atoms with E-state index in [4.69, 9.17) is 19.9 Å². The summed E-state index contributed by atoms with van der Waals surface area (Å²) in [6.07, 6.45) is 4.94. The number of hydrogen-bond acceptors (Lipinski definition) is 11. The highest BCUT2D eigenvalue weighted by molar-refractivity contribution is 5.94. The van der Waals surface area contributed by atoms with Crippen LogP contribution in [0, 0.1) is 23.0 Å². The van der Waals surface area contributed by atoms with Gasteiger partial charge in [-0.1, -0.05) is 105 Å². The van der Waals surface area contributed by atoms with E-state index in [0.29, 0.717) is 57.0 Å². The van der Waals surface area contributed by atoms with Gasteiger partial charge in [-0.3, -0.25) is 33.6 Å². The molecular formula is C56H88F2N8O11. The molecule has 0 saturated carbocycles. The number of nitrogens with two attached hydrogens (primary N) is 1. The van der Waals surface area contributed by atoms with Crippen LogP contribution >= 0.6 is 0 Å². The number of aromatic nitrogens is 1. The number of nitrogens with one attached hydrogen (secondary N) is 4. The van der Waals surface area contributed by atoms with Gasteiger partial charge in [0.25, 0.3) is 0 Å². The van der Waals surface area contributed by atoms with Gasteiger partial charge in [0.1, 0.15) is 24.3 Å². The minimum Gasteiger partial charge on any atom is -0.387 e. The topological polar surface area (TPSA) is 253 Å². The molecule has 2 atom stereocenters. The highest BCUT2D eigenvalue weighted by Crippen LogP contribution is 2.41. The molecule has 1 aromatic heterocycles. The summed E-state index contributed by atoms with van der Waals surface area (Å²) in [7, 11) is 0. The van der Waals surface area contributed by atoms with Crippen LogP contribution in [0.4, 0.5) is 8.78 Å². The molecule has 0 aliphatic rings. The lowest BCUT2D eigenvalue weighted by molar-refractivity contribution is -0.141. The molecule has 432 valence electrons. The van der Waals surface area contributed by atoms with Gasteiger partial charge in [0.2, 0.25) is 41.9 Å². The van der Waals surface area contributed by atoms with E-state index in [1.54, 1.807) is 19.2 Å². The third-order valence-corrected chi connectivity index (χ3v) is 11.8. The summed E-state index contributed by atoms with van der Waals surface area (Å²) in [6, 6.07) is 12.4. The van der Waals surface area contributed by atoms with Crippen LogP contribution in [-0.4, -0.2) is 153 Å². The van der Waals surface area contributed by atoms with Gasteiger partial charge < -0.3 is 60.7 Å². The maximum atomic E-state index is 15.1. The average molecular weight is 1090 g/mol. The van der Waals surface area contributed by atoms with Gasteiger partial charge in [0, 0.05) is 62.2 Å². The Balaban J connectivity index is 0.00000345. The number of hydrogen-bond donors (Lipinski definition) is 6. The minimum atomic E-state index is -1.36. The summed E-state index contributed by atoms with van der Waals surface area (Å²) >= 11 is 0. The van der Waals surface area contributed by atoms with Crippen LogP contribution in [0.3, 0.4) is 0 Å². The van der Waals surface area contributed by atoms with Crippen molar-refractivity contribution in [2.24, 2.45) is 17.1 Å². The largest absolute Gasteiger partial charge is 0.387 e. The van der Waals surface area contributed by atoms with Crippen LogP contribution in [0.5, 0.6) is 0 Å². The molecule has 0 fully saturated rings. The summed E-state index contributed by atoms with van der Waals surface area (Å²) in [5, 5.41) is 20.3. The molecule has 0 spiro atoms. The maximum Gasteiger partial charge on any atom is 0.248 e. The molecule has 19 nitrogen and oxygen atoms in total. The van der Waals surface area contributed by atoms with Crippen LogP contribution in [0.15, 0.2) is 60.8 Å². The predicted octanol–water partition coefficient (Wildman–Crippen LogP) is 5.27. The van der Waals surface area contributed by atoms with Crippen molar-refractivity contribution in [2.45, 2.75) is 119 Å². The first-order chi connectivity index (χ1) is 36.8. The number of carbonyl (C=O) groups is 7. The number of amides is 7. The van der Waals surface area contributed by atoms with Crippen molar-refractivity contribution in [1.29, 1.82) is 0 Å². The molecular weight excluding hydrogens is 999 g/mol. The van der Waals surface area contributed by atoms with E-state index in [9.17, 15) is 43.1 Å². The lowest BCUT2D eigenvalue weighted by Gasteiger charge is -2.41. The van der Waals surface area contributed by atoms with Gasteiger partial charge in [0.15, 0.2) is 0 Å². The molecule has 21 heteroatoms. The van der Waals surface area contributed by atoms with Crippen molar-refractivity contribution in [3.8, 4) is 11.1 Å². The smallest absolute Gasteiger partial charge is 0.248 e. The molecule has 0 radical (unpaired) electrons. The molecule has 2 unspecified atom stereocenters. The number of halogens is 2. The molecule has 0 aliphatic carbocycles. The van der Waals surface area contributed by atoms with Crippen LogP contribution in [0.25, 0.3) is 11.1 Å². The van der Waals surface area contributed by atoms with Crippen LogP contribution in [-0.2, 0) is 54.3 Å². The fourth-order valence-corrected chi connectivity index (χ4v) is 7.66. The predicted molar refractivity (Wildman–Crippen MR) is 292 cm³/mol. The van der Waals surface area contributed by atoms with Gasteiger partial charge in [-0.2, -0.15) is 0 Å². The standard InChI is InChI=1S/C48H68F2N8O11.C6H14.C2H6/c1-5-17-56(47(66)39(27-41(51)61)55-42(62)14-19-67-21-23-69-24-22-68-20-16-52-33-60)31-44(64)54-28-43(63)53-15-9-18-58(45(65)32-59)46(48(2,3)4)40-25-35(37-26-36(49)12-13-38(37)50)30-57(40)29-34-10-7-6-8-11-34;1-4-6(3)5-2;1-2/h6-8,10-13,25-26,30,33,39,46,59H,5,9,14-24,27-29,31-32H2,1-4H3,(H2,51,61)(H,52,60)(H,53,63)(H,54,64)(H,55,62);6H,4-5H2,1-3H3;1-2H3. The number of aliphatic hydroxyl groups is 1. The first kappa shape index (κ1) is 68.7. The van der Waals surface area contributed by atoms with Gasteiger partial charge in [0.05, 0.1) is 65.2 Å². The van der Waals surface area contributed by atoms with Crippen molar-refractivity contribution in [1.82, 2.24) is 35.6 Å². The lowest BCUT2D eigenvalue weighted by atomic mass is 9.83. The molecule has 1 heterocycles. The normalized spacial score (nSPS) is 11.7. The van der Waals surface area contributed by atoms with E-state index in [1.807, 2.05) is 69.5 Å². The third kappa shape index (κ3) is 27.5. The van der Waals surface area contributed by atoms with E-state index < -0.39 is 90.7 Å². The van der Waals surface area contributed by atoms with Crippen LogP contribution < -0.4 is 27.0 Å². The first-order valence-corrected chi connectivity index (χ1v) is 26.7. The molecule has 2 aromatic carbocycles. The summed E-state index contributed by atoms with van der Waals surface area (Å²) < 4.78 is 47.4. The van der Waals surface area contributed by atoms with Gasteiger partial charge in [-0.05, 0) is 54.0 Å². The zero-order valence-electron chi connectivity index (χ0n) is 46.9. The Morgan fingerprint density at radius 1 is 0.818 bits per heavy atom. The molecule has 3 rings (SSSR count). The van der Waals surface area contributed by atoms with Crippen LogP contribution in [0.1, 0.15) is 118 Å². The highest BCUT2D eigenvalue weighted by atomic mass is 19.1. The number of carbonyl (C=O) groups excluding carboxylic acids is 7. The zero-order valence-corrected chi connectivity index (χ0v) is 46.9. The zero-order chi connectivity index (χ0) is 57.8. The van der Waals surface area contributed by atoms with Crippen molar-refractivity contribution < 1.29 is 61.7 Å². The SMILES string of the molecule is CC.CCC(C)CC.CCCN(CC(=O)NCC(=O)NCCCN(C(=O)CO)C(c1cc(-c2cc(F)ccc2F)cn1Cc1ccccc1)C(C)(C)C)C(=O)C(CC(N)=O)NC(=O)CCOCCOCCOCCNC=O. The van der Waals surface area contributed by atoms with E-state index in [1.165, 1.54) is 17.7 Å². The lowest BCUT2D eigenvalue weighted by Crippen LogP contribution is -2.53. The fraction of sp³-hybridized carbons (Fsp3) is 0.589. The van der Waals surface area contributed by atoms with Gasteiger partial charge >= 0.3 is 0 Å². The third-order valence-electron chi connectivity index (χ3n) is 11.8. The van der Waals surface area contributed by atoms with E-state index in [-0.39, 0.29) is 57.9 Å². The monoisotopic (exact) mass is 1090 g/mol. The Kier molecular flexibility index (Phi) is 34.9. The minimum absolute atomic E-state index is 0.00655. The number of benzene rings is 2. The first-order valence-electron chi connectivity index (χ1n) is 26.7. The quantitative estimate of drug-likeness (QED) is 0.0327. The summed E-state index contributed by atoms with van der Waals surface area (Å²) in [5.74, 6) is -4.30. The average Bonchev–Trinajstić information content (AvgIpc) is 3.81. The molecule has 7 amide bonds. The highest BCUT2D eigenvalue weighted by Gasteiger charge is 2.37. The van der Waals surface area contributed by atoms with Crippen molar-refractivity contribution in [3.05, 3.63) is 83.7 Å². The number of aliphatic hydroxyl groups excluding tert-OH is 1. The number of nitrogens with zero attached hydrogens (tertiary/aromatic N) is 3. The molecule has 3 aromatic rings. The van der Waals surface area contributed by atoms with Crippen molar-refractivity contribution in [3.63, 3.8) is 0 Å². The fourth-order valence-electron chi connectivity index (χ4n) is 7.66. The number of primary amides is 1. The van der Waals surface area contributed by atoms with E-state index in [2.05, 4.69) is 42.0 Å². The second kappa shape index (κ2) is 39.1. The maximum absolute atomic E-state index is 15.1. The van der Waals surface area contributed by atoms with Crippen molar-refractivity contribution >= 4 is 41.9 Å². The molecule has 77 heavy (non-hydrogen) atoms. The molecule has 0 aliphatic heterocycles. The van der Waals surface area contributed by atoms with Gasteiger partial charge in [-0.25, -0.2) is 8.78 Å². The Labute approximate surface area is 454 Å². The Hall–Kier alpha value is -6.29. The number of ether oxygens (including phenoxy) is 3. The Morgan fingerprint density at radius 2 is 1.45 bits per heavy atom. The number of rotatable bonds is 35. The molecule has 7 N–H and O–H groups in total. The summed E-state index contributed by atoms with van der Waals surface area (Å²) in [4.78, 5) is 90.5. The molecule has 0 saturated heterocycles. The second-order valence-electron chi connectivity index (χ2n) is 19.0. The van der Waals surface area contributed by atoms with Crippen LogP contribution in [0.2, 0.25) is 0 Å². The molecule has 0 bridgehead atoms. The summed E-state index contributed by atoms with van der Waals surface area (Å²) in [5.41, 5.74) is 6.72. The van der Waals surface area contributed by atoms with E-state index in [0.717, 1.165) is 34.6 Å². The second-order valence-corrected chi connectivity index (χ2v) is 19.0. The summed E-state index contributed by atoms with van der Waals surface area (Å²) in [6.45, 7) is 18.9. The van der Waals surface area contributed by atoms with E-state index >= 15 is 4.39 Å². The Bertz CT molecular complexity index is 2210. The Morgan fingerprint density at radius 3 is 2.03 bits per heavy atom.